The number of benzene rings is 3. The molecule has 2 amide bonds. The Kier molecular flexibility index (Phi) is 6.80. The number of thioether (sulfide) groups is 1. The molecule has 0 bridgehead atoms. The van der Waals surface area contributed by atoms with Gasteiger partial charge in [-0.25, -0.2) is 0 Å². The van der Waals surface area contributed by atoms with E-state index < -0.39 is 6.23 Å². The van der Waals surface area contributed by atoms with E-state index in [-0.39, 0.29) is 35.5 Å². The van der Waals surface area contributed by atoms with E-state index in [1.165, 1.54) is 4.90 Å². The predicted octanol–water partition coefficient (Wildman–Crippen LogP) is 5.17. The molecule has 7 nitrogen and oxygen atoms in total. The van der Waals surface area contributed by atoms with Crippen molar-refractivity contribution in [2.45, 2.75) is 32.7 Å². The Morgan fingerprint density at radius 1 is 0.972 bits per heavy atom. The number of hydrogen-bond acceptors (Lipinski definition) is 6. The van der Waals surface area contributed by atoms with E-state index in [2.05, 4.69) is 4.90 Å². The van der Waals surface area contributed by atoms with Crippen LogP contribution in [0.25, 0.3) is 0 Å². The van der Waals surface area contributed by atoms with Crippen LogP contribution >= 0.6 is 11.8 Å². The van der Waals surface area contributed by atoms with Crippen molar-refractivity contribution in [3.63, 3.8) is 0 Å². The van der Waals surface area contributed by atoms with Crippen LogP contribution in [0.5, 0.6) is 0 Å². The second-order valence-electron chi connectivity index (χ2n) is 9.04. The Bertz CT molecular complexity index is 1280. The molecule has 8 heteroatoms. The molecule has 0 N–H and O–H groups in total. The molecular formula is C28H27N3O4S. The number of nitrogens with zero attached hydrogens (tertiary/aromatic N) is 3. The Labute approximate surface area is 214 Å². The highest BCUT2D eigenvalue weighted by molar-refractivity contribution is 8.26. The summed E-state index contributed by atoms with van der Waals surface area (Å²) in [5, 5.41) is -0.657. The topological polar surface area (TPSA) is 70.2 Å². The van der Waals surface area contributed by atoms with Gasteiger partial charge in [0.2, 0.25) is 11.3 Å². The summed E-state index contributed by atoms with van der Waals surface area (Å²) in [6, 6.07) is 24.9. The molecule has 3 aromatic rings. The standard InChI is InChI=1S/C28H27N3O4S/c1-19-13-14-23-24(15-19)31(22-11-7-4-8-12-22)18-30(25(23)32)20(2)17-35-26-27(33)36-28(34)29(26)16-21-9-5-3-6-10-21/h3-15,20,26H,16-18H2,1-2H3. The molecule has 2 atom stereocenters. The van der Waals surface area contributed by atoms with Gasteiger partial charge in [0.25, 0.3) is 11.1 Å². The van der Waals surface area contributed by atoms with Gasteiger partial charge in [-0.1, -0.05) is 54.6 Å². The lowest BCUT2D eigenvalue weighted by atomic mass is 10.0. The number of carbonyl (C=O) groups excluding carboxylic acids is 3. The second-order valence-corrected chi connectivity index (χ2v) is 9.99. The van der Waals surface area contributed by atoms with Gasteiger partial charge in [-0.3, -0.25) is 19.3 Å². The number of rotatable bonds is 7. The first-order valence-corrected chi connectivity index (χ1v) is 12.7. The summed E-state index contributed by atoms with van der Waals surface area (Å²) >= 11 is 0.668. The van der Waals surface area contributed by atoms with Gasteiger partial charge in [0.15, 0.2) is 0 Å². The third kappa shape index (κ3) is 4.74. The van der Waals surface area contributed by atoms with Crippen molar-refractivity contribution in [2.24, 2.45) is 0 Å². The van der Waals surface area contributed by atoms with E-state index >= 15 is 0 Å². The molecule has 3 aromatic carbocycles. The molecule has 0 saturated carbocycles. The van der Waals surface area contributed by atoms with Crippen molar-refractivity contribution in [1.29, 1.82) is 0 Å². The summed E-state index contributed by atoms with van der Waals surface area (Å²) in [4.78, 5) is 43.8. The van der Waals surface area contributed by atoms with Crippen molar-refractivity contribution in [3.05, 3.63) is 95.6 Å². The van der Waals surface area contributed by atoms with Gasteiger partial charge >= 0.3 is 0 Å². The van der Waals surface area contributed by atoms with Crippen molar-refractivity contribution >= 4 is 39.4 Å². The maximum atomic E-state index is 13.5. The van der Waals surface area contributed by atoms with Crippen LogP contribution in [-0.4, -0.2) is 51.6 Å². The van der Waals surface area contributed by atoms with Gasteiger partial charge in [-0.15, -0.1) is 0 Å². The van der Waals surface area contributed by atoms with E-state index in [4.69, 9.17) is 4.74 Å². The van der Waals surface area contributed by atoms with Crippen LogP contribution in [0.2, 0.25) is 0 Å². The molecule has 36 heavy (non-hydrogen) atoms. The summed E-state index contributed by atoms with van der Waals surface area (Å²) < 4.78 is 6.00. The first kappa shape index (κ1) is 24.1. The van der Waals surface area contributed by atoms with Crippen LogP contribution in [0.3, 0.4) is 0 Å². The van der Waals surface area contributed by atoms with Gasteiger partial charge in [0, 0.05) is 24.0 Å². The molecule has 2 heterocycles. The minimum Gasteiger partial charge on any atom is -0.348 e. The fourth-order valence-electron chi connectivity index (χ4n) is 4.49. The SMILES string of the molecule is Cc1ccc2c(c1)N(c1ccccc1)CN(C(C)COC1C(=O)SC(=O)N1Cc1ccccc1)C2=O. The second kappa shape index (κ2) is 10.2. The fraction of sp³-hybridized carbons (Fsp3) is 0.250. The molecule has 0 spiro atoms. The molecule has 2 unspecified atom stereocenters. The summed E-state index contributed by atoms with van der Waals surface area (Å²) in [6.45, 7) is 4.66. The van der Waals surface area contributed by atoms with Gasteiger partial charge < -0.3 is 14.5 Å². The number of para-hydroxylation sites is 1. The van der Waals surface area contributed by atoms with Crippen molar-refractivity contribution in [1.82, 2.24) is 9.80 Å². The number of carbonyl (C=O) groups is 3. The summed E-state index contributed by atoms with van der Waals surface area (Å²) in [5.41, 5.74) is 4.47. The van der Waals surface area contributed by atoms with Gasteiger partial charge in [-0.2, -0.15) is 0 Å². The van der Waals surface area contributed by atoms with Crippen LogP contribution in [0, 0.1) is 6.92 Å². The molecule has 1 fully saturated rings. The maximum absolute atomic E-state index is 13.5. The van der Waals surface area contributed by atoms with E-state index in [1.807, 2.05) is 92.7 Å². The lowest BCUT2D eigenvalue weighted by Crippen LogP contribution is -2.51. The van der Waals surface area contributed by atoms with Crippen molar-refractivity contribution in [3.8, 4) is 0 Å². The molecule has 1 saturated heterocycles. The smallest absolute Gasteiger partial charge is 0.292 e. The number of hydrogen-bond donors (Lipinski definition) is 0. The highest BCUT2D eigenvalue weighted by Crippen LogP contribution is 2.35. The average Bonchev–Trinajstić information content (AvgIpc) is 3.15. The monoisotopic (exact) mass is 501 g/mol. The summed E-state index contributed by atoms with van der Waals surface area (Å²) in [7, 11) is 0. The summed E-state index contributed by atoms with van der Waals surface area (Å²) in [6.07, 6.45) is -0.981. The zero-order valence-corrected chi connectivity index (χ0v) is 21.0. The Balaban J connectivity index is 1.34. The van der Waals surface area contributed by atoms with E-state index in [9.17, 15) is 14.4 Å². The van der Waals surface area contributed by atoms with Crippen LogP contribution < -0.4 is 4.90 Å². The minimum atomic E-state index is -0.981. The molecular weight excluding hydrogens is 474 g/mol. The van der Waals surface area contributed by atoms with Crippen LogP contribution in [0.4, 0.5) is 16.2 Å². The van der Waals surface area contributed by atoms with Gasteiger partial charge in [0.1, 0.15) is 0 Å². The summed E-state index contributed by atoms with van der Waals surface area (Å²) in [5.74, 6) is -0.0855. The molecule has 2 aliphatic rings. The number of amides is 2. The van der Waals surface area contributed by atoms with Crippen LogP contribution in [0.1, 0.15) is 28.4 Å². The van der Waals surface area contributed by atoms with E-state index in [0.29, 0.717) is 24.0 Å². The highest BCUT2D eigenvalue weighted by Gasteiger charge is 2.41. The van der Waals surface area contributed by atoms with E-state index in [1.54, 1.807) is 4.90 Å². The Morgan fingerprint density at radius 2 is 1.67 bits per heavy atom. The number of fused-ring (bicyclic) bond motifs is 1. The number of anilines is 2. The fourth-order valence-corrected chi connectivity index (χ4v) is 5.23. The van der Waals surface area contributed by atoms with Crippen LogP contribution in [0.15, 0.2) is 78.9 Å². The molecule has 5 rings (SSSR count). The zero-order valence-electron chi connectivity index (χ0n) is 20.2. The number of aryl methyl sites for hydroxylation is 1. The van der Waals surface area contributed by atoms with Gasteiger partial charge in [0.05, 0.1) is 30.6 Å². The Hall–Kier alpha value is -3.62. The molecule has 2 aliphatic heterocycles. The quantitative estimate of drug-likeness (QED) is 0.445. The molecule has 0 radical (unpaired) electrons. The Morgan fingerprint density at radius 3 is 2.39 bits per heavy atom. The predicted molar refractivity (Wildman–Crippen MR) is 140 cm³/mol. The van der Waals surface area contributed by atoms with Crippen molar-refractivity contribution in [2.75, 3.05) is 18.2 Å². The minimum absolute atomic E-state index is 0.0855. The van der Waals surface area contributed by atoms with E-state index in [0.717, 1.165) is 22.5 Å². The van der Waals surface area contributed by atoms with Gasteiger partial charge in [-0.05, 0) is 49.2 Å². The largest absolute Gasteiger partial charge is 0.348 e. The highest BCUT2D eigenvalue weighted by atomic mass is 32.2. The third-order valence-corrected chi connectivity index (χ3v) is 7.24. The lowest BCUT2D eigenvalue weighted by Gasteiger charge is -2.41. The number of ether oxygens (including phenoxy) is 1. The third-order valence-electron chi connectivity index (χ3n) is 6.43. The van der Waals surface area contributed by atoms with Crippen molar-refractivity contribution < 1.29 is 19.1 Å². The average molecular weight is 502 g/mol. The molecule has 0 aliphatic carbocycles. The molecule has 0 aromatic heterocycles. The normalized spacial score (nSPS) is 18.6. The van der Waals surface area contributed by atoms with Crippen LogP contribution in [-0.2, 0) is 16.1 Å². The maximum Gasteiger partial charge on any atom is 0.292 e. The molecule has 184 valence electrons. The first-order valence-electron chi connectivity index (χ1n) is 11.8. The first-order chi connectivity index (χ1) is 17.4. The lowest BCUT2D eigenvalue weighted by molar-refractivity contribution is -0.131. The zero-order chi connectivity index (χ0) is 25.2.